The third kappa shape index (κ3) is 6.68. The molecular formula is C25H38N6O. The normalized spacial score (nSPS) is 15.6. The van der Waals surface area contributed by atoms with E-state index in [1.165, 1.54) is 5.56 Å². The van der Waals surface area contributed by atoms with Gasteiger partial charge in [0.1, 0.15) is 5.82 Å². The van der Waals surface area contributed by atoms with Gasteiger partial charge in [-0.05, 0) is 31.6 Å². The van der Waals surface area contributed by atoms with Crippen LogP contribution in [0.15, 0.2) is 53.7 Å². The van der Waals surface area contributed by atoms with E-state index in [9.17, 15) is 0 Å². The van der Waals surface area contributed by atoms with Gasteiger partial charge in [0.15, 0.2) is 5.96 Å². The Morgan fingerprint density at radius 3 is 2.50 bits per heavy atom. The van der Waals surface area contributed by atoms with Crippen LogP contribution in [0.5, 0.6) is 0 Å². The van der Waals surface area contributed by atoms with Crippen LogP contribution in [-0.4, -0.2) is 68.3 Å². The second-order valence-corrected chi connectivity index (χ2v) is 7.81. The van der Waals surface area contributed by atoms with Gasteiger partial charge in [0.25, 0.3) is 0 Å². The Balaban J connectivity index is 1.72. The maximum atomic E-state index is 5.50. The number of guanidine groups is 1. The number of hydrogen-bond donors (Lipinski definition) is 2. The molecule has 1 aliphatic rings. The summed E-state index contributed by atoms with van der Waals surface area (Å²) in [4.78, 5) is 14.3. The molecule has 1 unspecified atom stereocenters. The highest BCUT2D eigenvalue weighted by Crippen LogP contribution is 2.20. The molecule has 2 aromatic rings. The van der Waals surface area contributed by atoms with E-state index in [0.717, 1.165) is 69.8 Å². The maximum Gasteiger partial charge on any atom is 0.191 e. The first-order valence-corrected chi connectivity index (χ1v) is 11.8. The van der Waals surface area contributed by atoms with Gasteiger partial charge in [0, 0.05) is 37.9 Å². The summed E-state index contributed by atoms with van der Waals surface area (Å²) in [6.45, 7) is 14.0. The molecule has 3 rings (SSSR count). The summed E-state index contributed by atoms with van der Waals surface area (Å²) >= 11 is 0. The Hall–Kier alpha value is -2.64. The topological polar surface area (TPSA) is 65.0 Å². The van der Waals surface area contributed by atoms with Crippen LogP contribution in [-0.2, 0) is 11.3 Å². The number of benzene rings is 1. The SMILES string of the molecule is CCNC(=NCc1cccnc1N1CCOCC1)NCC(c1ccccc1)N(CC)CC. The smallest absolute Gasteiger partial charge is 0.191 e. The van der Waals surface area contributed by atoms with E-state index in [4.69, 9.17) is 9.73 Å². The summed E-state index contributed by atoms with van der Waals surface area (Å²) in [5.41, 5.74) is 2.45. The molecule has 1 aliphatic heterocycles. The average molecular weight is 439 g/mol. The van der Waals surface area contributed by atoms with Gasteiger partial charge in [0.05, 0.1) is 25.8 Å². The number of ether oxygens (including phenoxy) is 1. The van der Waals surface area contributed by atoms with E-state index in [0.29, 0.717) is 6.54 Å². The number of anilines is 1. The second kappa shape index (κ2) is 13.0. The summed E-state index contributed by atoms with van der Waals surface area (Å²) in [6.07, 6.45) is 1.86. The van der Waals surface area contributed by atoms with Gasteiger partial charge in [-0.25, -0.2) is 9.98 Å². The van der Waals surface area contributed by atoms with Crippen LogP contribution < -0.4 is 15.5 Å². The number of hydrogen-bond acceptors (Lipinski definition) is 5. The van der Waals surface area contributed by atoms with Crippen LogP contribution in [0.1, 0.15) is 37.9 Å². The molecule has 174 valence electrons. The van der Waals surface area contributed by atoms with Gasteiger partial charge >= 0.3 is 0 Å². The highest BCUT2D eigenvalue weighted by Gasteiger charge is 2.19. The van der Waals surface area contributed by atoms with E-state index in [1.54, 1.807) is 0 Å². The molecule has 1 atom stereocenters. The monoisotopic (exact) mass is 438 g/mol. The fourth-order valence-electron chi connectivity index (χ4n) is 4.11. The van der Waals surface area contributed by atoms with Crippen molar-refractivity contribution in [2.45, 2.75) is 33.4 Å². The van der Waals surface area contributed by atoms with E-state index < -0.39 is 0 Å². The van der Waals surface area contributed by atoms with Crippen molar-refractivity contribution in [2.24, 2.45) is 4.99 Å². The van der Waals surface area contributed by atoms with Gasteiger partial charge in [0.2, 0.25) is 0 Å². The number of pyridine rings is 1. The number of rotatable bonds is 10. The predicted octanol–water partition coefficient (Wildman–Crippen LogP) is 3.06. The molecule has 7 nitrogen and oxygen atoms in total. The molecule has 1 saturated heterocycles. The molecule has 1 aromatic carbocycles. The first kappa shape index (κ1) is 24.0. The van der Waals surface area contributed by atoms with Crippen molar-refractivity contribution in [3.63, 3.8) is 0 Å². The van der Waals surface area contributed by atoms with Crippen LogP contribution in [0.4, 0.5) is 5.82 Å². The number of nitrogens with one attached hydrogen (secondary N) is 2. The Morgan fingerprint density at radius 1 is 1.06 bits per heavy atom. The van der Waals surface area contributed by atoms with Gasteiger partial charge in [-0.3, -0.25) is 4.90 Å². The van der Waals surface area contributed by atoms with Crippen molar-refractivity contribution in [3.05, 3.63) is 59.8 Å². The van der Waals surface area contributed by atoms with Gasteiger partial charge in [-0.15, -0.1) is 0 Å². The van der Waals surface area contributed by atoms with Crippen LogP contribution in [0, 0.1) is 0 Å². The molecule has 0 bridgehead atoms. The minimum absolute atomic E-state index is 0.289. The van der Waals surface area contributed by atoms with Crippen molar-refractivity contribution in [2.75, 3.05) is 57.4 Å². The number of morpholine rings is 1. The summed E-state index contributed by atoms with van der Waals surface area (Å²) in [7, 11) is 0. The lowest BCUT2D eigenvalue weighted by molar-refractivity contribution is 0.122. The summed E-state index contributed by atoms with van der Waals surface area (Å²) in [5.74, 6) is 1.85. The fraction of sp³-hybridized carbons (Fsp3) is 0.520. The Kier molecular flexibility index (Phi) is 9.78. The fourth-order valence-corrected chi connectivity index (χ4v) is 4.11. The van der Waals surface area contributed by atoms with Gasteiger partial charge in [-0.1, -0.05) is 50.2 Å². The third-order valence-electron chi connectivity index (χ3n) is 5.83. The first-order chi connectivity index (χ1) is 15.8. The maximum absolute atomic E-state index is 5.50. The molecule has 0 spiro atoms. The molecule has 7 heteroatoms. The molecule has 2 heterocycles. The highest BCUT2D eigenvalue weighted by atomic mass is 16.5. The van der Waals surface area contributed by atoms with E-state index in [2.05, 4.69) is 82.6 Å². The minimum Gasteiger partial charge on any atom is -0.378 e. The quantitative estimate of drug-likeness (QED) is 0.439. The molecule has 0 radical (unpaired) electrons. The van der Waals surface area contributed by atoms with E-state index in [1.807, 2.05) is 12.3 Å². The lowest BCUT2D eigenvalue weighted by Crippen LogP contribution is -2.43. The number of aliphatic imine (C=N–C) groups is 1. The van der Waals surface area contributed by atoms with E-state index in [-0.39, 0.29) is 6.04 Å². The Bertz CT molecular complexity index is 818. The minimum atomic E-state index is 0.289. The molecule has 0 saturated carbocycles. The molecule has 0 amide bonds. The lowest BCUT2D eigenvalue weighted by atomic mass is 10.1. The van der Waals surface area contributed by atoms with Crippen molar-refractivity contribution in [1.82, 2.24) is 20.5 Å². The van der Waals surface area contributed by atoms with Crippen molar-refractivity contribution < 1.29 is 4.74 Å². The highest BCUT2D eigenvalue weighted by molar-refractivity contribution is 5.79. The Labute approximate surface area is 192 Å². The second-order valence-electron chi connectivity index (χ2n) is 7.81. The van der Waals surface area contributed by atoms with E-state index >= 15 is 0 Å². The largest absolute Gasteiger partial charge is 0.378 e. The summed E-state index contributed by atoms with van der Waals surface area (Å²) in [5, 5.41) is 6.98. The molecule has 0 aliphatic carbocycles. The Morgan fingerprint density at radius 2 is 1.81 bits per heavy atom. The first-order valence-electron chi connectivity index (χ1n) is 11.8. The summed E-state index contributed by atoms with van der Waals surface area (Å²) < 4.78 is 5.50. The van der Waals surface area contributed by atoms with Gasteiger partial charge in [-0.2, -0.15) is 0 Å². The number of aromatic nitrogens is 1. The van der Waals surface area contributed by atoms with Gasteiger partial charge < -0.3 is 20.3 Å². The predicted molar refractivity (Wildman–Crippen MR) is 132 cm³/mol. The zero-order valence-electron chi connectivity index (χ0n) is 19.8. The van der Waals surface area contributed by atoms with Crippen LogP contribution >= 0.6 is 0 Å². The molecule has 32 heavy (non-hydrogen) atoms. The van der Waals surface area contributed by atoms with Crippen molar-refractivity contribution in [1.29, 1.82) is 0 Å². The number of nitrogens with zero attached hydrogens (tertiary/aromatic N) is 4. The average Bonchev–Trinajstić information content (AvgIpc) is 2.86. The standard InChI is InChI=1S/C25H38N6O/c1-4-26-25(29-20-23(30(5-2)6-3)21-11-8-7-9-12-21)28-19-22-13-10-14-27-24(22)31-15-17-32-18-16-31/h7-14,23H,4-6,15-20H2,1-3H3,(H2,26,28,29). The molecular weight excluding hydrogens is 400 g/mol. The molecule has 1 aromatic heterocycles. The lowest BCUT2D eigenvalue weighted by Gasteiger charge is -2.31. The zero-order valence-corrected chi connectivity index (χ0v) is 19.8. The van der Waals surface area contributed by atoms with Crippen molar-refractivity contribution in [3.8, 4) is 0 Å². The van der Waals surface area contributed by atoms with Crippen molar-refractivity contribution >= 4 is 11.8 Å². The number of likely N-dealkylation sites (N-methyl/N-ethyl adjacent to an activating group) is 1. The van der Waals surface area contributed by atoms with Crippen LogP contribution in [0.2, 0.25) is 0 Å². The molecule has 1 fully saturated rings. The molecule has 2 N–H and O–H groups in total. The zero-order chi connectivity index (χ0) is 22.6. The van der Waals surface area contributed by atoms with Crippen LogP contribution in [0.3, 0.4) is 0 Å². The van der Waals surface area contributed by atoms with Crippen LogP contribution in [0.25, 0.3) is 0 Å². The third-order valence-corrected chi connectivity index (χ3v) is 5.83. The summed E-state index contributed by atoms with van der Waals surface area (Å²) in [6, 6.07) is 15.1.